The summed E-state index contributed by atoms with van der Waals surface area (Å²) in [6, 6.07) is 29.0. The van der Waals surface area contributed by atoms with E-state index in [1.54, 1.807) is 14.2 Å². The van der Waals surface area contributed by atoms with Gasteiger partial charge in [-0.15, -0.1) is 0 Å². The van der Waals surface area contributed by atoms with Gasteiger partial charge in [-0.25, -0.2) is 0 Å². The number of para-hydroxylation sites is 5. The van der Waals surface area contributed by atoms with Gasteiger partial charge < -0.3 is 49.1 Å². The maximum atomic E-state index is 11.0. The third-order valence-electron chi connectivity index (χ3n) is 7.55. The number of ether oxygens (including phenoxy) is 5. The minimum atomic E-state index is -0.713. The molecular formula is C36H43N3O7. The molecule has 5 aromatic rings. The summed E-state index contributed by atoms with van der Waals surface area (Å²) < 4.78 is 30.5. The Balaban J connectivity index is 1.13. The van der Waals surface area contributed by atoms with Crippen LogP contribution < -0.4 is 34.3 Å². The largest absolute Gasteiger partial charge is 0.493 e. The number of fused-ring (bicyclic) bond motifs is 3. The van der Waals surface area contributed by atoms with Crippen molar-refractivity contribution in [3.05, 3.63) is 91.0 Å². The van der Waals surface area contributed by atoms with Crippen molar-refractivity contribution in [2.24, 2.45) is 0 Å². The SMILES string of the molecule is COc1ccccc1OCCNCC(O)COc1cccc2c1c1ccccc1n2CC(O)CNCCOc1ccccc1OC. The first-order valence-electron chi connectivity index (χ1n) is 15.5. The van der Waals surface area contributed by atoms with Crippen molar-refractivity contribution in [2.75, 3.05) is 60.2 Å². The third-order valence-corrected chi connectivity index (χ3v) is 7.55. The van der Waals surface area contributed by atoms with Crippen molar-refractivity contribution in [3.8, 4) is 28.7 Å². The minimum Gasteiger partial charge on any atom is -0.493 e. The molecule has 10 heteroatoms. The fourth-order valence-corrected chi connectivity index (χ4v) is 5.38. The van der Waals surface area contributed by atoms with Crippen LogP contribution in [0.15, 0.2) is 91.0 Å². The van der Waals surface area contributed by atoms with E-state index >= 15 is 0 Å². The number of aromatic nitrogens is 1. The van der Waals surface area contributed by atoms with Gasteiger partial charge >= 0.3 is 0 Å². The van der Waals surface area contributed by atoms with Gasteiger partial charge in [-0.3, -0.25) is 0 Å². The summed E-state index contributed by atoms with van der Waals surface area (Å²) in [5, 5.41) is 30.1. The van der Waals surface area contributed by atoms with E-state index in [1.165, 1.54) is 0 Å². The lowest BCUT2D eigenvalue weighted by atomic mass is 10.1. The molecule has 0 saturated carbocycles. The van der Waals surface area contributed by atoms with E-state index in [1.807, 2.05) is 84.9 Å². The van der Waals surface area contributed by atoms with E-state index < -0.39 is 12.2 Å². The van der Waals surface area contributed by atoms with Gasteiger partial charge in [0, 0.05) is 42.5 Å². The van der Waals surface area contributed by atoms with Gasteiger partial charge in [0.25, 0.3) is 0 Å². The molecule has 1 aromatic heterocycles. The van der Waals surface area contributed by atoms with Crippen LogP contribution in [0.1, 0.15) is 0 Å². The first-order chi connectivity index (χ1) is 22.6. The number of nitrogens with one attached hydrogen (secondary N) is 2. The maximum Gasteiger partial charge on any atom is 0.161 e. The summed E-state index contributed by atoms with van der Waals surface area (Å²) >= 11 is 0. The van der Waals surface area contributed by atoms with Crippen LogP contribution in [0.2, 0.25) is 0 Å². The normalized spacial score (nSPS) is 12.6. The summed E-state index contributed by atoms with van der Waals surface area (Å²) in [4.78, 5) is 0. The Labute approximate surface area is 269 Å². The average Bonchev–Trinajstić information content (AvgIpc) is 3.41. The molecule has 0 fully saturated rings. The molecule has 0 radical (unpaired) electrons. The van der Waals surface area contributed by atoms with Crippen molar-refractivity contribution in [1.82, 2.24) is 15.2 Å². The molecule has 0 saturated heterocycles. The Hall–Kier alpha value is -4.48. The van der Waals surface area contributed by atoms with Gasteiger partial charge in [-0.05, 0) is 42.5 Å². The van der Waals surface area contributed by atoms with Crippen molar-refractivity contribution in [1.29, 1.82) is 0 Å². The number of nitrogens with zero attached hydrogens (tertiary/aromatic N) is 1. The standard InChI is InChI=1S/C36H43N3O7/c1-42-31-13-5-7-15-33(31)44-20-18-37-22-26(40)24-39-29-11-4-3-10-28(29)36-30(39)12-9-17-35(36)46-25-27(41)23-38-19-21-45-34-16-8-6-14-32(34)43-2/h3-17,26-27,37-38,40-41H,18-25H2,1-2H3. The van der Waals surface area contributed by atoms with Crippen LogP contribution in [0, 0.1) is 0 Å². The molecule has 4 N–H and O–H groups in total. The Morgan fingerprint density at radius 2 is 1.11 bits per heavy atom. The first-order valence-corrected chi connectivity index (χ1v) is 15.5. The summed E-state index contributed by atoms with van der Waals surface area (Å²) in [5.41, 5.74) is 1.96. The molecule has 0 aliphatic rings. The zero-order chi connectivity index (χ0) is 32.1. The van der Waals surface area contributed by atoms with Crippen molar-refractivity contribution >= 4 is 21.8 Å². The molecule has 1 heterocycles. The predicted octanol–water partition coefficient (Wildman–Crippen LogP) is 4.25. The zero-order valence-corrected chi connectivity index (χ0v) is 26.4. The highest BCUT2D eigenvalue weighted by atomic mass is 16.5. The Bertz CT molecular complexity index is 1670. The smallest absolute Gasteiger partial charge is 0.161 e. The van der Waals surface area contributed by atoms with Crippen LogP contribution in [-0.2, 0) is 6.54 Å². The maximum absolute atomic E-state index is 11.0. The fourth-order valence-electron chi connectivity index (χ4n) is 5.38. The van der Waals surface area contributed by atoms with Crippen molar-refractivity contribution in [2.45, 2.75) is 18.8 Å². The van der Waals surface area contributed by atoms with Crippen LogP contribution >= 0.6 is 0 Å². The second kappa shape index (κ2) is 16.7. The van der Waals surface area contributed by atoms with E-state index in [0.29, 0.717) is 74.7 Å². The van der Waals surface area contributed by atoms with Crippen LogP contribution in [-0.4, -0.2) is 87.2 Å². The van der Waals surface area contributed by atoms with E-state index in [0.717, 1.165) is 21.8 Å². The molecule has 2 unspecified atom stereocenters. The number of aliphatic hydroxyl groups excluding tert-OH is 2. The second-order valence-electron chi connectivity index (χ2n) is 10.8. The van der Waals surface area contributed by atoms with Crippen LogP contribution in [0.4, 0.5) is 0 Å². The molecule has 5 rings (SSSR count). The van der Waals surface area contributed by atoms with Crippen molar-refractivity contribution < 1.29 is 33.9 Å². The van der Waals surface area contributed by atoms with E-state index in [9.17, 15) is 10.2 Å². The lowest BCUT2D eigenvalue weighted by Gasteiger charge is -2.16. The van der Waals surface area contributed by atoms with Gasteiger partial charge in [0.15, 0.2) is 23.0 Å². The molecule has 0 spiro atoms. The predicted molar refractivity (Wildman–Crippen MR) is 180 cm³/mol. The minimum absolute atomic E-state index is 0.127. The topological polar surface area (TPSA) is 116 Å². The summed E-state index contributed by atoms with van der Waals surface area (Å²) in [6.45, 7) is 3.31. The number of benzene rings is 4. The molecule has 4 aromatic carbocycles. The fraction of sp³-hybridized carbons (Fsp3) is 0.333. The van der Waals surface area contributed by atoms with Gasteiger partial charge in [0.1, 0.15) is 31.7 Å². The molecule has 0 bridgehead atoms. The van der Waals surface area contributed by atoms with E-state index in [4.69, 9.17) is 23.7 Å². The van der Waals surface area contributed by atoms with Crippen LogP contribution in [0.25, 0.3) is 21.8 Å². The van der Waals surface area contributed by atoms with Crippen LogP contribution in [0.5, 0.6) is 28.7 Å². The van der Waals surface area contributed by atoms with Gasteiger partial charge in [0.2, 0.25) is 0 Å². The first kappa shape index (κ1) is 32.9. The number of hydrogen-bond donors (Lipinski definition) is 4. The van der Waals surface area contributed by atoms with E-state index in [2.05, 4.69) is 21.3 Å². The summed E-state index contributed by atoms with van der Waals surface area (Å²) in [5.74, 6) is 3.43. The molecule has 10 nitrogen and oxygen atoms in total. The molecule has 0 amide bonds. The molecule has 0 aliphatic heterocycles. The number of aliphatic hydroxyl groups is 2. The monoisotopic (exact) mass is 629 g/mol. The highest BCUT2D eigenvalue weighted by molar-refractivity contribution is 6.11. The highest BCUT2D eigenvalue weighted by Crippen LogP contribution is 2.36. The third kappa shape index (κ3) is 8.41. The number of hydrogen-bond acceptors (Lipinski definition) is 9. The quantitative estimate of drug-likeness (QED) is 0.0996. The molecule has 0 aliphatic carbocycles. The lowest BCUT2D eigenvalue weighted by Crippen LogP contribution is -2.33. The Morgan fingerprint density at radius 3 is 1.74 bits per heavy atom. The molecule has 244 valence electrons. The molecular weight excluding hydrogens is 586 g/mol. The van der Waals surface area contributed by atoms with Gasteiger partial charge in [0.05, 0.1) is 32.4 Å². The number of rotatable bonds is 19. The van der Waals surface area contributed by atoms with Gasteiger partial charge in [-0.1, -0.05) is 48.5 Å². The average molecular weight is 630 g/mol. The highest BCUT2D eigenvalue weighted by Gasteiger charge is 2.17. The Morgan fingerprint density at radius 1 is 0.587 bits per heavy atom. The summed E-state index contributed by atoms with van der Waals surface area (Å²) in [6.07, 6.45) is -1.34. The molecule has 46 heavy (non-hydrogen) atoms. The summed E-state index contributed by atoms with van der Waals surface area (Å²) in [7, 11) is 3.23. The number of methoxy groups -OCH3 is 2. The zero-order valence-electron chi connectivity index (χ0n) is 26.4. The van der Waals surface area contributed by atoms with E-state index in [-0.39, 0.29) is 6.61 Å². The lowest BCUT2D eigenvalue weighted by molar-refractivity contribution is 0.106. The van der Waals surface area contributed by atoms with Crippen molar-refractivity contribution in [3.63, 3.8) is 0 Å². The van der Waals surface area contributed by atoms with Crippen LogP contribution in [0.3, 0.4) is 0 Å². The molecule has 2 atom stereocenters. The second-order valence-corrected chi connectivity index (χ2v) is 10.8. The Kier molecular flexibility index (Phi) is 12.0. The van der Waals surface area contributed by atoms with Gasteiger partial charge in [-0.2, -0.15) is 0 Å².